The summed E-state index contributed by atoms with van der Waals surface area (Å²) in [5, 5.41) is 11.4. The highest BCUT2D eigenvalue weighted by atomic mass is 32.2. The molecule has 5 heteroatoms. The summed E-state index contributed by atoms with van der Waals surface area (Å²) in [5.41, 5.74) is 7.53. The summed E-state index contributed by atoms with van der Waals surface area (Å²) in [6.45, 7) is 1.87. The second kappa shape index (κ2) is 4.78. The normalized spacial score (nSPS) is 20.1. The zero-order valence-corrected chi connectivity index (χ0v) is 10.3. The molecule has 2 atom stereocenters. The van der Waals surface area contributed by atoms with E-state index < -0.39 is 0 Å². The monoisotopic (exact) mass is 247 g/mol. The van der Waals surface area contributed by atoms with Crippen LogP contribution in [0.3, 0.4) is 0 Å². The minimum atomic E-state index is -0.299. The van der Waals surface area contributed by atoms with Gasteiger partial charge < -0.3 is 11.1 Å². The van der Waals surface area contributed by atoms with E-state index in [4.69, 9.17) is 11.0 Å². The number of amides is 1. The van der Waals surface area contributed by atoms with Gasteiger partial charge in [-0.2, -0.15) is 5.26 Å². The Morgan fingerprint density at radius 1 is 1.65 bits per heavy atom. The topological polar surface area (TPSA) is 78.9 Å². The van der Waals surface area contributed by atoms with Gasteiger partial charge in [-0.3, -0.25) is 4.79 Å². The molecular formula is C12H13N3OS. The van der Waals surface area contributed by atoms with Crippen molar-refractivity contribution in [1.82, 2.24) is 0 Å². The smallest absolute Gasteiger partial charge is 0.237 e. The van der Waals surface area contributed by atoms with Gasteiger partial charge in [0.1, 0.15) is 0 Å². The number of nitriles is 1. The average Bonchev–Trinajstić information content (AvgIpc) is 2.30. The van der Waals surface area contributed by atoms with Crippen molar-refractivity contribution < 1.29 is 4.79 Å². The molecular weight excluding hydrogens is 234 g/mol. The summed E-state index contributed by atoms with van der Waals surface area (Å²) in [7, 11) is 0. The molecule has 1 aliphatic heterocycles. The van der Waals surface area contributed by atoms with Crippen LogP contribution in [-0.4, -0.2) is 11.2 Å². The molecule has 0 saturated carbocycles. The third-order valence-corrected chi connectivity index (χ3v) is 3.85. The van der Waals surface area contributed by atoms with Gasteiger partial charge in [0.05, 0.1) is 23.4 Å². The Morgan fingerprint density at radius 3 is 3.12 bits per heavy atom. The van der Waals surface area contributed by atoms with E-state index >= 15 is 0 Å². The van der Waals surface area contributed by atoms with Gasteiger partial charge in [-0.05, 0) is 24.6 Å². The van der Waals surface area contributed by atoms with Crippen molar-refractivity contribution in [3.63, 3.8) is 0 Å². The van der Waals surface area contributed by atoms with Crippen LogP contribution in [0.5, 0.6) is 0 Å². The first-order chi connectivity index (χ1) is 8.11. The standard InChI is InChI=1S/C12H13N3OS/c1-7-12(16)15-10-6-8(9(14)4-5-13)2-3-11(10)17-7/h2-3,6-7,9H,4,14H2,1H3,(H,15,16). The number of hydrogen-bond acceptors (Lipinski definition) is 4. The summed E-state index contributed by atoms with van der Waals surface area (Å²) < 4.78 is 0. The molecule has 0 bridgehead atoms. The SMILES string of the molecule is CC1Sc2ccc(C(N)CC#N)cc2NC1=O. The van der Waals surface area contributed by atoms with E-state index in [1.54, 1.807) is 0 Å². The van der Waals surface area contributed by atoms with Crippen LogP contribution in [0.4, 0.5) is 5.69 Å². The van der Waals surface area contributed by atoms with Crippen LogP contribution < -0.4 is 11.1 Å². The van der Waals surface area contributed by atoms with E-state index in [1.807, 2.05) is 31.2 Å². The van der Waals surface area contributed by atoms with Gasteiger partial charge in [-0.15, -0.1) is 11.8 Å². The highest BCUT2D eigenvalue weighted by Crippen LogP contribution is 2.36. The molecule has 2 unspecified atom stereocenters. The molecule has 17 heavy (non-hydrogen) atoms. The van der Waals surface area contributed by atoms with Crippen molar-refractivity contribution in [2.75, 3.05) is 5.32 Å². The minimum absolute atomic E-state index is 0.00787. The fraction of sp³-hybridized carbons (Fsp3) is 0.333. The highest BCUT2D eigenvalue weighted by Gasteiger charge is 2.23. The fourth-order valence-corrected chi connectivity index (χ4v) is 2.60. The van der Waals surface area contributed by atoms with Crippen LogP contribution in [0.25, 0.3) is 0 Å². The van der Waals surface area contributed by atoms with Crippen LogP contribution in [0, 0.1) is 11.3 Å². The van der Waals surface area contributed by atoms with E-state index in [9.17, 15) is 4.79 Å². The molecule has 2 rings (SSSR count). The van der Waals surface area contributed by atoms with E-state index in [0.717, 1.165) is 16.1 Å². The Labute approximate surface area is 104 Å². The molecule has 0 aliphatic carbocycles. The summed E-state index contributed by atoms with van der Waals surface area (Å²) >= 11 is 1.54. The maximum atomic E-state index is 11.5. The lowest BCUT2D eigenvalue weighted by atomic mass is 10.0. The van der Waals surface area contributed by atoms with Gasteiger partial charge in [0.2, 0.25) is 5.91 Å². The number of hydrogen-bond donors (Lipinski definition) is 2. The molecule has 0 fully saturated rings. The Balaban J connectivity index is 2.29. The van der Waals surface area contributed by atoms with E-state index in [0.29, 0.717) is 0 Å². The van der Waals surface area contributed by atoms with E-state index in [1.165, 1.54) is 11.8 Å². The second-order valence-corrected chi connectivity index (χ2v) is 5.36. The zero-order valence-electron chi connectivity index (χ0n) is 9.43. The molecule has 0 radical (unpaired) electrons. The molecule has 4 nitrogen and oxygen atoms in total. The van der Waals surface area contributed by atoms with Crippen molar-refractivity contribution in [1.29, 1.82) is 5.26 Å². The molecule has 0 saturated heterocycles. The van der Waals surface area contributed by atoms with Crippen LogP contribution in [0.15, 0.2) is 23.1 Å². The second-order valence-electron chi connectivity index (χ2n) is 3.97. The molecule has 0 aromatic heterocycles. The highest BCUT2D eigenvalue weighted by molar-refractivity contribution is 8.00. The lowest BCUT2D eigenvalue weighted by Gasteiger charge is -2.22. The number of carbonyl (C=O) groups excluding carboxylic acids is 1. The summed E-state index contributed by atoms with van der Waals surface area (Å²) in [6, 6.07) is 7.46. The molecule has 1 heterocycles. The number of carbonyl (C=O) groups is 1. The molecule has 1 aromatic carbocycles. The first kappa shape index (κ1) is 12.0. The third kappa shape index (κ3) is 2.43. The van der Waals surface area contributed by atoms with Crippen molar-refractivity contribution in [3.05, 3.63) is 23.8 Å². The number of thioether (sulfide) groups is 1. The Hall–Kier alpha value is -1.51. The largest absolute Gasteiger partial charge is 0.324 e. The first-order valence-electron chi connectivity index (χ1n) is 5.36. The number of fused-ring (bicyclic) bond motifs is 1. The Kier molecular flexibility index (Phi) is 3.36. The number of nitrogens with two attached hydrogens (primary N) is 1. The van der Waals surface area contributed by atoms with Crippen LogP contribution in [-0.2, 0) is 4.79 Å². The molecule has 88 valence electrons. The predicted molar refractivity (Wildman–Crippen MR) is 67.5 cm³/mol. The van der Waals surface area contributed by atoms with Crippen molar-refractivity contribution in [3.8, 4) is 6.07 Å². The zero-order chi connectivity index (χ0) is 12.4. The van der Waals surface area contributed by atoms with Gasteiger partial charge in [0.25, 0.3) is 0 Å². The van der Waals surface area contributed by atoms with Crippen LogP contribution in [0.2, 0.25) is 0 Å². The molecule has 3 N–H and O–H groups in total. The van der Waals surface area contributed by atoms with Crippen molar-refractivity contribution in [2.45, 2.75) is 29.5 Å². The van der Waals surface area contributed by atoms with Gasteiger partial charge in [0, 0.05) is 10.9 Å². The fourth-order valence-electron chi connectivity index (χ4n) is 1.67. The quantitative estimate of drug-likeness (QED) is 0.838. The Morgan fingerprint density at radius 2 is 2.41 bits per heavy atom. The van der Waals surface area contributed by atoms with Gasteiger partial charge in [-0.1, -0.05) is 6.07 Å². The van der Waals surface area contributed by atoms with E-state index in [2.05, 4.69) is 5.32 Å². The maximum Gasteiger partial charge on any atom is 0.237 e. The number of benzene rings is 1. The molecule has 1 aliphatic rings. The summed E-state index contributed by atoms with van der Waals surface area (Å²) in [5.74, 6) is 0.00787. The van der Waals surface area contributed by atoms with Crippen LogP contribution >= 0.6 is 11.8 Å². The minimum Gasteiger partial charge on any atom is -0.324 e. The Bertz CT molecular complexity index is 495. The lowest BCUT2D eigenvalue weighted by Crippen LogP contribution is -2.26. The predicted octanol–water partition coefficient (Wildman–Crippen LogP) is 2.03. The van der Waals surface area contributed by atoms with Crippen molar-refractivity contribution in [2.24, 2.45) is 5.73 Å². The van der Waals surface area contributed by atoms with E-state index in [-0.39, 0.29) is 23.6 Å². The molecule has 0 spiro atoms. The molecule has 1 amide bonds. The van der Waals surface area contributed by atoms with Gasteiger partial charge in [0.15, 0.2) is 0 Å². The maximum absolute atomic E-state index is 11.5. The van der Waals surface area contributed by atoms with Gasteiger partial charge in [-0.25, -0.2) is 0 Å². The van der Waals surface area contributed by atoms with Crippen molar-refractivity contribution >= 4 is 23.4 Å². The summed E-state index contributed by atoms with van der Waals surface area (Å²) in [6.07, 6.45) is 0.274. The molecule has 1 aromatic rings. The number of rotatable bonds is 2. The lowest BCUT2D eigenvalue weighted by molar-refractivity contribution is -0.115. The first-order valence-corrected chi connectivity index (χ1v) is 6.24. The van der Waals surface area contributed by atoms with Gasteiger partial charge >= 0.3 is 0 Å². The number of anilines is 1. The third-order valence-electron chi connectivity index (χ3n) is 2.67. The number of nitrogens with zero attached hydrogens (tertiary/aromatic N) is 1. The van der Waals surface area contributed by atoms with Crippen LogP contribution in [0.1, 0.15) is 24.9 Å². The number of nitrogens with one attached hydrogen (secondary N) is 1. The average molecular weight is 247 g/mol. The summed E-state index contributed by atoms with van der Waals surface area (Å²) in [4.78, 5) is 12.6.